The average Bonchev–Trinajstić information content (AvgIpc) is 2.96. The fourth-order valence-electron chi connectivity index (χ4n) is 2.55. The first kappa shape index (κ1) is 23.4. The standard InChI is InChI=1S/C18H26N4O.2ClH/c1-14(2)18-20-10-11-22(18)13-15-6-4-7-16(12-15)21-17(23)8-5-9-19-3;;/h4,6-7,10-12,14,19H,5,8-9,13H2,1-3H3,(H,21,23);2*1H. The van der Waals surface area contributed by atoms with Crippen LogP contribution in [-0.2, 0) is 11.3 Å². The number of halogens is 2. The molecule has 0 radical (unpaired) electrons. The minimum absolute atomic E-state index is 0. The van der Waals surface area contributed by atoms with E-state index < -0.39 is 0 Å². The molecule has 140 valence electrons. The Hall–Kier alpha value is -1.56. The maximum atomic E-state index is 11.9. The van der Waals surface area contributed by atoms with Crippen LogP contribution in [0.2, 0.25) is 0 Å². The highest BCUT2D eigenvalue weighted by Gasteiger charge is 2.08. The highest BCUT2D eigenvalue weighted by molar-refractivity contribution is 5.90. The quantitative estimate of drug-likeness (QED) is 0.677. The molecular formula is C18H28Cl2N4O. The molecule has 0 unspecified atom stereocenters. The lowest BCUT2D eigenvalue weighted by atomic mass is 10.1. The molecule has 2 rings (SSSR count). The van der Waals surface area contributed by atoms with Crippen molar-refractivity contribution in [1.29, 1.82) is 0 Å². The molecule has 0 aliphatic rings. The van der Waals surface area contributed by atoms with Crippen molar-refractivity contribution in [3.05, 3.63) is 48.0 Å². The Morgan fingerprint density at radius 1 is 1.28 bits per heavy atom. The number of carbonyl (C=O) groups excluding carboxylic acids is 1. The van der Waals surface area contributed by atoms with Crippen molar-refractivity contribution >= 4 is 36.4 Å². The van der Waals surface area contributed by atoms with Crippen molar-refractivity contribution in [3.8, 4) is 0 Å². The Morgan fingerprint density at radius 3 is 2.72 bits per heavy atom. The number of hydrogen-bond acceptors (Lipinski definition) is 3. The van der Waals surface area contributed by atoms with Crippen LogP contribution in [0.3, 0.4) is 0 Å². The molecule has 0 fully saturated rings. The summed E-state index contributed by atoms with van der Waals surface area (Å²) < 4.78 is 2.15. The predicted octanol–water partition coefficient (Wildman–Crippen LogP) is 3.84. The molecule has 1 amide bonds. The zero-order valence-corrected chi connectivity index (χ0v) is 16.6. The number of imidazole rings is 1. The summed E-state index contributed by atoms with van der Waals surface area (Å²) in [7, 11) is 1.89. The number of aromatic nitrogens is 2. The molecule has 0 saturated heterocycles. The van der Waals surface area contributed by atoms with Crippen LogP contribution in [0.4, 0.5) is 5.69 Å². The van der Waals surface area contributed by atoms with E-state index in [4.69, 9.17) is 0 Å². The Morgan fingerprint density at radius 2 is 2.04 bits per heavy atom. The van der Waals surface area contributed by atoms with Gasteiger partial charge >= 0.3 is 0 Å². The van der Waals surface area contributed by atoms with Crippen LogP contribution >= 0.6 is 24.8 Å². The lowest BCUT2D eigenvalue weighted by Crippen LogP contribution is -2.15. The molecule has 1 aromatic heterocycles. The van der Waals surface area contributed by atoms with E-state index >= 15 is 0 Å². The summed E-state index contributed by atoms with van der Waals surface area (Å²) in [5.74, 6) is 1.52. The van der Waals surface area contributed by atoms with E-state index in [0.717, 1.165) is 36.6 Å². The van der Waals surface area contributed by atoms with Gasteiger partial charge in [0, 0.05) is 37.0 Å². The number of amides is 1. The summed E-state index contributed by atoms with van der Waals surface area (Å²) in [5.41, 5.74) is 2.00. The van der Waals surface area contributed by atoms with Gasteiger partial charge < -0.3 is 15.2 Å². The second kappa shape index (κ2) is 11.9. The SMILES string of the molecule is CNCCCC(=O)Nc1cccc(Cn2ccnc2C(C)C)c1.Cl.Cl. The number of anilines is 1. The summed E-state index contributed by atoms with van der Waals surface area (Å²) in [6.45, 7) is 5.89. The molecule has 1 aromatic carbocycles. The first-order valence-electron chi connectivity index (χ1n) is 8.14. The normalized spacial score (nSPS) is 10.1. The predicted molar refractivity (Wildman–Crippen MR) is 108 cm³/mol. The molecule has 2 aromatic rings. The second-order valence-electron chi connectivity index (χ2n) is 6.02. The van der Waals surface area contributed by atoms with Crippen molar-refractivity contribution in [2.45, 2.75) is 39.2 Å². The van der Waals surface area contributed by atoms with E-state index in [1.165, 1.54) is 0 Å². The van der Waals surface area contributed by atoms with Gasteiger partial charge in [0.1, 0.15) is 5.82 Å². The summed E-state index contributed by atoms with van der Waals surface area (Å²) in [5, 5.41) is 6.01. The van der Waals surface area contributed by atoms with Crippen molar-refractivity contribution < 1.29 is 4.79 Å². The first-order valence-corrected chi connectivity index (χ1v) is 8.14. The molecule has 1 heterocycles. The lowest BCUT2D eigenvalue weighted by Gasteiger charge is -2.12. The van der Waals surface area contributed by atoms with Crippen LogP contribution in [-0.4, -0.2) is 29.1 Å². The number of nitrogens with one attached hydrogen (secondary N) is 2. The zero-order chi connectivity index (χ0) is 16.7. The Labute approximate surface area is 162 Å². The van der Waals surface area contributed by atoms with E-state index in [1.54, 1.807) is 0 Å². The fraction of sp³-hybridized carbons (Fsp3) is 0.444. The number of rotatable bonds is 8. The van der Waals surface area contributed by atoms with Gasteiger partial charge in [-0.25, -0.2) is 4.98 Å². The Kier molecular flexibility index (Phi) is 11.2. The largest absolute Gasteiger partial charge is 0.330 e. The highest BCUT2D eigenvalue weighted by Crippen LogP contribution is 2.16. The molecule has 5 nitrogen and oxygen atoms in total. The Bertz CT molecular complexity index is 644. The van der Waals surface area contributed by atoms with Gasteiger partial charge in [0.2, 0.25) is 5.91 Å². The first-order chi connectivity index (χ1) is 11.1. The van der Waals surface area contributed by atoms with Crippen molar-refractivity contribution in [2.24, 2.45) is 0 Å². The molecule has 0 aliphatic carbocycles. The van der Waals surface area contributed by atoms with Crippen LogP contribution in [0, 0.1) is 0 Å². The average molecular weight is 387 g/mol. The fourth-order valence-corrected chi connectivity index (χ4v) is 2.55. The van der Waals surface area contributed by atoms with Gasteiger partial charge in [-0.3, -0.25) is 4.79 Å². The van der Waals surface area contributed by atoms with Gasteiger partial charge in [-0.15, -0.1) is 24.8 Å². The second-order valence-corrected chi connectivity index (χ2v) is 6.02. The van der Waals surface area contributed by atoms with Crippen molar-refractivity contribution in [2.75, 3.05) is 18.9 Å². The van der Waals surface area contributed by atoms with Gasteiger partial charge in [-0.2, -0.15) is 0 Å². The third-order valence-electron chi connectivity index (χ3n) is 3.66. The molecular weight excluding hydrogens is 359 g/mol. The third-order valence-corrected chi connectivity index (χ3v) is 3.66. The van der Waals surface area contributed by atoms with Crippen molar-refractivity contribution in [3.63, 3.8) is 0 Å². The van der Waals surface area contributed by atoms with E-state index in [9.17, 15) is 4.79 Å². The van der Waals surface area contributed by atoms with Crippen LogP contribution in [0.1, 0.15) is 44.0 Å². The van der Waals surface area contributed by atoms with Crippen LogP contribution in [0.25, 0.3) is 0 Å². The lowest BCUT2D eigenvalue weighted by molar-refractivity contribution is -0.116. The van der Waals surface area contributed by atoms with Crippen LogP contribution in [0.5, 0.6) is 0 Å². The summed E-state index contributed by atoms with van der Waals surface area (Å²) in [4.78, 5) is 16.3. The van der Waals surface area contributed by atoms with Crippen molar-refractivity contribution in [1.82, 2.24) is 14.9 Å². The van der Waals surface area contributed by atoms with Crippen LogP contribution < -0.4 is 10.6 Å². The van der Waals surface area contributed by atoms with Gasteiger partial charge in [0.05, 0.1) is 0 Å². The number of nitrogens with zero attached hydrogens (tertiary/aromatic N) is 2. The molecule has 25 heavy (non-hydrogen) atoms. The topological polar surface area (TPSA) is 59.0 Å². The summed E-state index contributed by atoms with van der Waals surface area (Å²) in [6, 6.07) is 8.00. The maximum Gasteiger partial charge on any atom is 0.224 e. The molecule has 7 heteroatoms. The third kappa shape index (κ3) is 7.46. The zero-order valence-electron chi connectivity index (χ0n) is 15.0. The number of hydrogen-bond donors (Lipinski definition) is 2. The molecule has 2 N–H and O–H groups in total. The minimum Gasteiger partial charge on any atom is -0.330 e. The smallest absolute Gasteiger partial charge is 0.224 e. The monoisotopic (exact) mass is 386 g/mol. The highest BCUT2D eigenvalue weighted by atomic mass is 35.5. The minimum atomic E-state index is 0. The molecule has 0 bridgehead atoms. The molecule has 0 saturated carbocycles. The van der Waals surface area contributed by atoms with E-state index in [0.29, 0.717) is 12.3 Å². The van der Waals surface area contributed by atoms with E-state index in [1.807, 2.05) is 37.6 Å². The summed E-state index contributed by atoms with van der Waals surface area (Å²) in [6.07, 6.45) is 5.21. The van der Waals surface area contributed by atoms with Gasteiger partial charge in [0.15, 0.2) is 0 Å². The Balaban J connectivity index is 0.00000288. The van der Waals surface area contributed by atoms with Gasteiger partial charge in [-0.05, 0) is 37.7 Å². The van der Waals surface area contributed by atoms with Crippen LogP contribution in [0.15, 0.2) is 36.7 Å². The summed E-state index contributed by atoms with van der Waals surface area (Å²) >= 11 is 0. The molecule has 0 spiro atoms. The number of benzene rings is 1. The molecule has 0 aliphatic heterocycles. The van der Waals surface area contributed by atoms with E-state index in [-0.39, 0.29) is 30.7 Å². The van der Waals surface area contributed by atoms with Gasteiger partial charge in [0.25, 0.3) is 0 Å². The van der Waals surface area contributed by atoms with Gasteiger partial charge in [-0.1, -0.05) is 26.0 Å². The molecule has 0 atom stereocenters. The maximum absolute atomic E-state index is 11.9. The number of carbonyl (C=O) groups is 1. The van der Waals surface area contributed by atoms with E-state index in [2.05, 4.69) is 40.1 Å².